The number of carbonyl (C=O) groups excluding carboxylic acids is 4. The second-order valence-electron chi connectivity index (χ2n) is 8.22. The van der Waals surface area contributed by atoms with Crippen molar-refractivity contribution in [1.82, 2.24) is 20.9 Å². The summed E-state index contributed by atoms with van der Waals surface area (Å²) in [6.07, 6.45) is 2.62. The normalized spacial score (nSPS) is 28.1. The first kappa shape index (κ1) is 17.5. The molecule has 1 aliphatic carbocycles. The Labute approximate surface area is 162 Å². The fraction of sp³-hybridized carbons (Fsp3) is 0.500. The monoisotopic (exact) mass is 382 g/mol. The number of piperidine rings is 1. The Morgan fingerprint density at radius 1 is 1.11 bits per heavy atom. The standard InChI is InChI=1S/C20H22N4O4/c25-15-5-4-13(17(26)23-15)24-18(27)12-3-1-2-11(16(12)19(24)28)8-22-14-6-7-20(14)9-21-10-20/h1-3,13-14,21-22H,4-10H2,(H,23,25,26). The van der Waals surface area contributed by atoms with E-state index in [1.54, 1.807) is 12.1 Å². The second kappa shape index (κ2) is 6.22. The van der Waals surface area contributed by atoms with Gasteiger partial charge in [-0.2, -0.15) is 0 Å². The highest BCUT2D eigenvalue weighted by molar-refractivity contribution is 6.24. The summed E-state index contributed by atoms with van der Waals surface area (Å²) in [6, 6.07) is 4.75. The van der Waals surface area contributed by atoms with E-state index in [4.69, 9.17) is 0 Å². The van der Waals surface area contributed by atoms with Gasteiger partial charge in [-0.15, -0.1) is 0 Å². The number of imide groups is 2. The fourth-order valence-electron chi connectivity index (χ4n) is 4.85. The first-order valence-corrected chi connectivity index (χ1v) is 9.78. The number of fused-ring (bicyclic) bond motifs is 1. The Hall–Kier alpha value is -2.58. The second-order valence-corrected chi connectivity index (χ2v) is 8.22. The third-order valence-corrected chi connectivity index (χ3v) is 6.72. The maximum atomic E-state index is 13.1. The summed E-state index contributed by atoms with van der Waals surface area (Å²) in [6.45, 7) is 2.56. The minimum absolute atomic E-state index is 0.121. The van der Waals surface area contributed by atoms with Crippen molar-refractivity contribution in [3.63, 3.8) is 0 Å². The molecule has 5 rings (SSSR count). The Balaban J connectivity index is 1.37. The maximum absolute atomic E-state index is 13.1. The van der Waals surface area contributed by atoms with Crippen molar-refractivity contribution >= 4 is 23.6 Å². The van der Waals surface area contributed by atoms with E-state index in [1.165, 1.54) is 6.42 Å². The summed E-state index contributed by atoms with van der Waals surface area (Å²) in [4.78, 5) is 50.6. The van der Waals surface area contributed by atoms with Crippen molar-refractivity contribution in [3.8, 4) is 0 Å². The van der Waals surface area contributed by atoms with Gasteiger partial charge in [0.05, 0.1) is 11.1 Å². The van der Waals surface area contributed by atoms with E-state index in [0.29, 0.717) is 29.1 Å². The number of nitrogens with zero attached hydrogens (tertiary/aromatic N) is 1. The van der Waals surface area contributed by atoms with Gasteiger partial charge in [0, 0.05) is 37.5 Å². The van der Waals surface area contributed by atoms with Crippen LogP contribution in [0.1, 0.15) is 52.0 Å². The zero-order valence-corrected chi connectivity index (χ0v) is 15.4. The first-order valence-electron chi connectivity index (χ1n) is 9.78. The molecule has 3 aliphatic heterocycles. The molecule has 0 radical (unpaired) electrons. The third-order valence-electron chi connectivity index (χ3n) is 6.72. The highest BCUT2D eigenvalue weighted by atomic mass is 16.2. The number of hydrogen-bond donors (Lipinski definition) is 3. The van der Waals surface area contributed by atoms with Crippen molar-refractivity contribution in [2.75, 3.05) is 13.1 Å². The minimum Gasteiger partial charge on any atom is -0.315 e. The molecule has 1 aromatic rings. The van der Waals surface area contributed by atoms with Gasteiger partial charge in [0.1, 0.15) is 6.04 Å². The Morgan fingerprint density at radius 2 is 1.93 bits per heavy atom. The Morgan fingerprint density at radius 3 is 2.57 bits per heavy atom. The molecular formula is C20H22N4O4. The number of benzene rings is 1. The van der Waals surface area contributed by atoms with Crippen LogP contribution in [0.15, 0.2) is 18.2 Å². The zero-order valence-electron chi connectivity index (χ0n) is 15.4. The molecule has 3 fully saturated rings. The molecule has 3 N–H and O–H groups in total. The van der Waals surface area contributed by atoms with Crippen LogP contribution in [0, 0.1) is 5.41 Å². The molecule has 4 aliphatic rings. The van der Waals surface area contributed by atoms with Crippen LogP contribution >= 0.6 is 0 Å². The molecule has 0 aromatic heterocycles. The van der Waals surface area contributed by atoms with Crippen molar-refractivity contribution < 1.29 is 19.2 Å². The van der Waals surface area contributed by atoms with Gasteiger partial charge in [0.25, 0.3) is 11.8 Å². The van der Waals surface area contributed by atoms with E-state index in [0.717, 1.165) is 30.0 Å². The molecule has 28 heavy (non-hydrogen) atoms. The van der Waals surface area contributed by atoms with E-state index in [-0.39, 0.29) is 18.7 Å². The van der Waals surface area contributed by atoms with Gasteiger partial charge in [0.15, 0.2) is 0 Å². The van der Waals surface area contributed by atoms with Gasteiger partial charge in [-0.1, -0.05) is 12.1 Å². The number of rotatable bonds is 4. The molecule has 8 heteroatoms. The molecule has 2 saturated heterocycles. The van der Waals surface area contributed by atoms with Crippen LogP contribution in [0.25, 0.3) is 0 Å². The van der Waals surface area contributed by atoms with Crippen LogP contribution in [0.3, 0.4) is 0 Å². The summed E-state index contributed by atoms with van der Waals surface area (Å²) >= 11 is 0. The largest absolute Gasteiger partial charge is 0.315 e. The summed E-state index contributed by atoms with van der Waals surface area (Å²) < 4.78 is 0. The van der Waals surface area contributed by atoms with Gasteiger partial charge in [-0.25, -0.2) is 0 Å². The topological polar surface area (TPSA) is 108 Å². The van der Waals surface area contributed by atoms with Crippen molar-refractivity contribution in [2.45, 2.75) is 44.3 Å². The first-order chi connectivity index (χ1) is 13.5. The van der Waals surface area contributed by atoms with Gasteiger partial charge < -0.3 is 10.6 Å². The predicted octanol–water partition coefficient (Wildman–Crippen LogP) is -0.0706. The Bertz CT molecular complexity index is 902. The molecule has 0 bridgehead atoms. The average Bonchev–Trinajstić information content (AvgIpc) is 2.85. The Kier molecular flexibility index (Phi) is 3.89. The smallest absolute Gasteiger partial charge is 0.262 e. The molecule has 1 spiro atoms. The number of hydrogen-bond acceptors (Lipinski definition) is 6. The summed E-state index contributed by atoms with van der Waals surface area (Å²) in [5.74, 6) is -1.86. The molecule has 146 valence electrons. The highest BCUT2D eigenvalue weighted by Gasteiger charge is 2.51. The van der Waals surface area contributed by atoms with Crippen LogP contribution in [-0.4, -0.2) is 53.7 Å². The summed E-state index contributed by atoms with van der Waals surface area (Å²) in [5.41, 5.74) is 1.84. The van der Waals surface area contributed by atoms with Gasteiger partial charge in [-0.05, 0) is 30.9 Å². The zero-order chi connectivity index (χ0) is 19.5. The number of amides is 4. The summed E-state index contributed by atoms with van der Waals surface area (Å²) in [5, 5.41) is 9.11. The lowest BCUT2D eigenvalue weighted by atomic mass is 9.60. The van der Waals surface area contributed by atoms with Crippen molar-refractivity contribution in [3.05, 3.63) is 34.9 Å². The fourth-order valence-corrected chi connectivity index (χ4v) is 4.85. The molecule has 2 unspecified atom stereocenters. The molecule has 8 nitrogen and oxygen atoms in total. The lowest BCUT2D eigenvalue weighted by Crippen LogP contribution is -2.68. The molecule has 4 amide bonds. The third kappa shape index (κ3) is 2.44. The quantitative estimate of drug-likeness (QED) is 0.630. The summed E-state index contributed by atoms with van der Waals surface area (Å²) in [7, 11) is 0. The number of nitrogens with one attached hydrogen (secondary N) is 3. The van der Waals surface area contributed by atoms with E-state index in [9.17, 15) is 19.2 Å². The highest BCUT2D eigenvalue weighted by Crippen LogP contribution is 2.44. The van der Waals surface area contributed by atoms with Crippen molar-refractivity contribution in [2.24, 2.45) is 5.41 Å². The van der Waals surface area contributed by atoms with Crippen LogP contribution in [0.5, 0.6) is 0 Å². The van der Waals surface area contributed by atoms with E-state index < -0.39 is 23.8 Å². The van der Waals surface area contributed by atoms with Gasteiger partial charge in [-0.3, -0.25) is 29.4 Å². The SMILES string of the molecule is O=C1CCC(N2C(=O)c3cccc(CNC4CCC45CNC5)c3C2=O)C(=O)N1. The molecule has 1 saturated carbocycles. The number of carbonyl (C=O) groups is 4. The molecule has 3 heterocycles. The predicted molar refractivity (Wildman–Crippen MR) is 98.3 cm³/mol. The van der Waals surface area contributed by atoms with Crippen LogP contribution in [0.2, 0.25) is 0 Å². The minimum atomic E-state index is -0.929. The lowest BCUT2D eigenvalue weighted by Gasteiger charge is -2.56. The van der Waals surface area contributed by atoms with Gasteiger partial charge in [0.2, 0.25) is 11.8 Å². The van der Waals surface area contributed by atoms with E-state index >= 15 is 0 Å². The van der Waals surface area contributed by atoms with E-state index in [1.807, 2.05) is 6.07 Å². The van der Waals surface area contributed by atoms with Gasteiger partial charge >= 0.3 is 0 Å². The lowest BCUT2D eigenvalue weighted by molar-refractivity contribution is -0.136. The van der Waals surface area contributed by atoms with Crippen molar-refractivity contribution in [1.29, 1.82) is 0 Å². The van der Waals surface area contributed by atoms with Crippen LogP contribution in [0.4, 0.5) is 0 Å². The average molecular weight is 382 g/mol. The molecule has 1 aromatic carbocycles. The van der Waals surface area contributed by atoms with Crippen LogP contribution < -0.4 is 16.0 Å². The molecular weight excluding hydrogens is 360 g/mol. The van der Waals surface area contributed by atoms with E-state index in [2.05, 4.69) is 16.0 Å². The van der Waals surface area contributed by atoms with Crippen LogP contribution in [-0.2, 0) is 16.1 Å². The maximum Gasteiger partial charge on any atom is 0.262 e. The molecule has 2 atom stereocenters.